The molecule has 0 heterocycles. The molecule has 0 spiro atoms. The van der Waals surface area contributed by atoms with Gasteiger partial charge in [-0.05, 0) is 24.3 Å². The second-order valence-electron chi connectivity index (χ2n) is 3.72. The van der Waals surface area contributed by atoms with Crippen LogP contribution in [0.15, 0.2) is 54.6 Å². The molecule has 0 saturated carbocycles. The van der Waals surface area contributed by atoms with Crippen LogP contribution in [0, 0.1) is 0 Å². The molecule has 0 amide bonds. The quantitative estimate of drug-likeness (QED) is 0.852. The molecule has 19 heavy (non-hydrogen) atoms. The minimum atomic E-state index is -0.833. The van der Waals surface area contributed by atoms with Gasteiger partial charge in [0.15, 0.2) is 5.78 Å². The predicted octanol–water partition coefficient (Wildman–Crippen LogP) is 3.66. The van der Waals surface area contributed by atoms with Gasteiger partial charge in [-0.1, -0.05) is 41.9 Å². The Bertz CT molecular complexity index is 543. The van der Waals surface area contributed by atoms with Crippen LogP contribution in [0.1, 0.15) is 22.8 Å². The SMILES string of the molecule is CC(=O)O.O=C(c1ccccc1)c1ccc(Cl)cc1. The molecule has 0 aromatic heterocycles. The number of carbonyl (C=O) groups excluding carboxylic acids is 1. The van der Waals surface area contributed by atoms with Crippen LogP contribution in [-0.2, 0) is 4.79 Å². The first-order valence-electron chi connectivity index (χ1n) is 5.55. The summed E-state index contributed by atoms with van der Waals surface area (Å²) in [6.45, 7) is 1.08. The number of ketones is 1. The molecule has 98 valence electrons. The average molecular weight is 277 g/mol. The molecular weight excluding hydrogens is 264 g/mol. The fraction of sp³-hybridized carbons (Fsp3) is 0.0667. The van der Waals surface area contributed by atoms with Gasteiger partial charge in [0, 0.05) is 23.1 Å². The maximum atomic E-state index is 11.9. The molecule has 0 unspecified atom stereocenters. The lowest BCUT2D eigenvalue weighted by Crippen LogP contribution is -1.99. The maximum absolute atomic E-state index is 11.9. The van der Waals surface area contributed by atoms with Gasteiger partial charge in [0.05, 0.1) is 0 Å². The van der Waals surface area contributed by atoms with Crippen LogP contribution in [0.25, 0.3) is 0 Å². The van der Waals surface area contributed by atoms with E-state index in [-0.39, 0.29) is 5.78 Å². The van der Waals surface area contributed by atoms with Crippen molar-refractivity contribution >= 4 is 23.4 Å². The van der Waals surface area contributed by atoms with Crippen molar-refractivity contribution in [2.24, 2.45) is 0 Å². The zero-order valence-electron chi connectivity index (χ0n) is 10.3. The van der Waals surface area contributed by atoms with E-state index >= 15 is 0 Å². The van der Waals surface area contributed by atoms with Gasteiger partial charge in [-0.3, -0.25) is 9.59 Å². The molecule has 1 N–H and O–H groups in total. The Balaban J connectivity index is 0.000000399. The Labute approximate surface area is 116 Å². The van der Waals surface area contributed by atoms with Crippen molar-refractivity contribution < 1.29 is 14.7 Å². The van der Waals surface area contributed by atoms with E-state index in [2.05, 4.69) is 0 Å². The number of hydrogen-bond donors (Lipinski definition) is 1. The van der Waals surface area contributed by atoms with Crippen LogP contribution in [0.4, 0.5) is 0 Å². The van der Waals surface area contributed by atoms with Crippen molar-refractivity contribution in [3.8, 4) is 0 Å². The molecule has 2 aromatic carbocycles. The van der Waals surface area contributed by atoms with Gasteiger partial charge in [0.1, 0.15) is 0 Å². The molecule has 0 bridgehead atoms. The Morgan fingerprint density at radius 2 is 1.32 bits per heavy atom. The van der Waals surface area contributed by atoms with Crippen molar-refractivity contribution in [2.75, 3.05) is 0 Å². The van der Waals surface area contributed by atoms with E-state index in [1.807, 2.05) is 18.2 Å². The van der Waals surface area contributed by atoms with Crippen molar-refractivity contribution in [1.82, 2.24) is 0 Å². The highest BCUT2D eigenvalue weighted by Gasteiger charge is 2.07. The smallest absolute Gasteiger partial charge is 0.300 e. The Kier molecular flexibility index (Phi) is 5.76. The number of rotatable bonds is 2. The van der Waals surface area contributed by atoms with Crippen molar-refractivity contribution in [1.29, 1.82) is 0 Å². The highest BCUT2D eigenvalue weighted by atomic mass is 35.5. The minimum Gasteiger partial charge on any atom is -0.481 e. The first kappa shape index (κ1) is 14.9. The summed E-state index contributed by atoms with van der Waals surface area (Å²) in [6.07, 6.45) is 0. The molecule has 2 aromatic rings. The van der Waals surface area contributed by atoms with Crippen molar-refractivity contribution in [2.45, 2.75) is 6.92 Å². The summed E-state index contributed by atoms with van der Waals surface area (Å²) in [4.78, 5) is 20.9. The molecule has 3 nitrogen and oxygen atoms in total. The fourth-order valence-electron chi connectivity index (χ4n) is 1.36. The predicted molar refractivity (Wildman–Crippen MR) is 74.6 cm³/mol. The van der Waals surface area contributed by atoms with E-state index in [9.17, 15) is 4.79 Å². The lowest BCUT2D eigenvalue weighted by molar-refractivity contribution is -0.134. The number of carboxylic acid groups (broad SMARTS) is 1. The number of benzene rings is 2. The van der Waals surface area contributed by atoms with Crippen LogP contribution in [0.3, 0.4) is 0 Å². The van der Waals surface area contributed by atoms with Crippen molar-refractivity contribution in [3.63, 3.8) is 0 Å². The lowest BCUT2D eigenvalue weighted by Gasteiger charge is -2.00. The minimum absolute atomic E-state index is 0.0206. The third-order valence-corrected chi connectivity index (χ3v) is 2.39. The fourth-order valence-corrected chi connectivity index (χ4v) is 1.48. The summed E-state index contributed by atoms with van der Waals surface area (Å²) in [6, 6.07) is 16.1. The number of aliphatic carboxylic acids is 1. The lowest BCUT2D eigenvalue weighted by atomic mass is 10.0. The normalized spacial score (nSPS) is 9.16. The van der Waals surface area contributed by atoms with E-state index < -0.39 is 5.97 Å². The summed E-state index contributed by atoms with van der Waals surface area (Å²) >= 11 is 5.75. The molecule has 0 fully saturated rings. The van der Waals surface area contributed by atoms with E-state index in [0.717, 1.165) is 6.92 Å². The first-order valence-corrected chi connectivity index (χ1v) is 5.93. The van der Waals surface area contributed by atoms with Gasteiger partial charge >= 0.3 is 0 Å². The largest absolute Gasteiger partial charge is 0.481 e. The van der Waals surface area contributed by atoms with Gasteiger partial charge in [0.2, 0.25) is 0 Å². The van der Waals surface area contributed by atoms with Crippen LogP contribution < -0.4 is 0 Å². The summed E-state index contributed by atoms with van der Waals surface area (Å²) in [5, 5.41) is 8.06. The maximum Gasteiger partial charge on any atom is 0.300 e. The Morgan fingerprint density at radius 3 is 1.79 bits per heavy atom. The molecule has 4 heteroatoms. The summed E-state index contributed by atoms with van der Waals surface area (Å²) in [7, 11) is 0. The molecular formula is C15H13ClO3. The van der Waals surface area contributed by atoms with Crippen LogP contribution >= 0.6 is 11.6 Å². The van der Waals surface area contributed by atoms with Gasteiger partial charge in [-0.2, -0.15) is 0 Å². The Hall–Kier alpha value is -2.13. The molecule has 0 aliphatic carbocycles. The number of halogens is 1. The second-order valence-corrected chi connectivity index (χ2v) is 4.16. The molecule has 0 atom stereocenters. The van der Waals surface area contributed by atoms with E-state index in [4.69, 9.17) is 21.5 Å². The monoisotopic (exact) mass is 276 g/mol. The molecule has 0 saturated heterocycles. The zero-order valence-corrected chi connectivity index (χ0v) is 11.1. The van der Waals surface area contributed by atoms with Crippen LogP contribution in [0.5, 0.6) is 0 Å². The molecule has 0 aliphatic rings. The second kappa shape index (κ2) is 7.34. The summed E-state index contributed by atoms with van der Waals surface area (Å²) < 4.78 is 0. The van der Waals surface area contributed by atoms with Crippen molar-refractivity contribution in [3.05, 3.63) is 70.7 Å². The van der Waals surface area contributed by atoms with Crippen LogP contribution in [0.2, 0.25) is 5.02 Å². The molecule has 0 radical (unpaired) electrons. The average Bonchev–Trinajstić information content (AvgIpc) is 2.39. The van der Waals surface area contributed by atoms with Gasteiger partial charge in [-0.15, -0.1) is 0 Å². The van der Waals surface area contributed by atoms with Gasteiger partial charge < -0.3 is 5.11 Å². The first-order chi connectivity index (χ1) is 9.00. The highest BCUT2D eigenvalue weighted by Crippen LogP contribution is 2.13. The molecule has 0 aliphatic heterocycles. The summed E-state index contributed by atoms with van der Waals surface area (Å²) in [5.41, 5.74) is 1.35. The highest BCUT2D eigenvalue weighted by molar-refractivity contribution is 6.30. The Morgan fingerprint density at radius 1 is 0.895 bits per heavy atom. The third kappa shape index (κ3) is 5.36. The number of carbonyl (C=O) groups is 2. The van der Waals surface area contributed by atoms with Gasteiger partial charge in [-0.25, -0.2) is 0 Å². The summed E-state index contributed by atoms with van der Waals surface area (Å²) in [5.74, 6) is -0.813. The number of hydrogen-bond acceptors (Lipinski definition) is 2. The van der Waals surface area contributed by atoms with E-state index in [1.54, 1.807) is 36.4 Å². The van der Waals surface area contributed by atoms with E-state index in [1.165, 1.54) is 0 Å². The third-order valence-electron chi connectivity index (χ3n) is 2.14. The zero-order chi connectivity index (χ0) is 14.3. The topological polar surface area (TPSA) is 54.4 Å². The van der Waals surface area contributed by atoms with Gasteiger partial charge in [0.25, 0.3) is 5.97 Å². The standard InChI is InChI=1S/C13H9ClO.C2H4O2/c14-12-8-6-11(7-9-12)13(15)10-4-2-1-3-5-10;1-2(3)4/h1-9H;1H3,(H,3,4). The van der Waals surface area contributed by atoms with Crippen LogP contribution in [-0.4, -0.2) is 16.9 Å². The molecule has 2 rings (SSSR count). The van der Waals surface area contributed by atoms with E-state index in [0.29, 0.717) is 16.1 Å². The number of carboxylic acids is 1.